The predicted molar refractivity (Wildman–Crippen MR) is 105 cm³/mol. The van der Waals surface area contributed by atoms with Gasteiger partial charge in [0, 0.05) is 0 Å². The van der Waals surface area contributed by atoms with Crippen LogP contribution in [0.15, 0.2) is 60.7 Å². The highest BCUT2D eigenvalue weighted by atomic mass is 16.5. The Labute approximate surface area is 152 Å². The maximum atomic E-state index is 6.45. The molecule has 0 spiro atoms. The minimum Gasteiger partial charge on any atom is -0.368 e. The van der Waals surface area contributed by atoms with E-state index in [1.807, 2.05) is 0 Å². The quantitative estimate of drug-likeness (QED) is 0.647. The van der Waals surface area contributed by atoms with Crippen molar-refractivity contribution in [1.82, 2.24) is 4.90 Å². The summed E-state index contributed by atoms with van der Waals surface area (Å²) in [6, 6.07) is 21.2. The third-order valence-corrected chi connectivity index (χ3v) is 5.24. The Balaban J connectivity index is 1.57. The first-order valence-corrected chi connectivity index (χ1v) is 9.80. The molecular weight excluding hydrogens is 306 g/mol. The van der Waals surface area contributed by atoms with Gasteiger partial charge in [0.1, 0.15) is 6.10 Å². The molecule has 2 aromatic carbocycles. The van der Waals surface area contributed by atoms with Crippen molar-refractivity contribution in [3.05, 3.63) is 71.8 Å². The Morgan fingerprint density at radius 3 is 2.00 bits per heavy atom. The molecule has 3 rings (SSSR count). The maximum Gasteiger partial charge on any atom is 0.108 e. The smallest absolute Gasteiger partial charge is 0.108 e. The van der Waals surface area contributed by atoms with Crippen molar-refractivity contribution in [2.24, 2.45) is 5.92 Å². The molecule has 0 bridgehead atoms. The summed E-state index contributed by atoms with van der Waals surface area (Å²) in [5, 5.41) is 0. The second-order valence-electron chi connectivity index (χ2n) is 7.17. The van der Waals surface area contributed by atoms with Gasteiger partial charge in [-0.15, -0.1) is 0 Å². The molecule has 0 amide bonds. The average molecular weight is 338 g/mol. The van der Waals surface area contributed by atoms with Crippen molar-refractivity contribution in [3.8, 4) is 0 Å². The molecule has 25 heavy (non-hydrogen) atoms. The van der Waals surface area contributed by atoms with Gasteiger partial charge in [-0.1, -0.05) is 74.0 Å². The van der Waals surface area contributed by atoms with Gasteiger partial charge in [0.2, 0.25) is 0 Å². The van der Waals surface area contributed by atoms with Crippen molar-refractivity contribution in [1.29, 1.82) is 0 Å². The van der Waals surface area contributed by atoms with Crippen molar-refractivity contribution < 1.29 is 4.74 Å². The number of unbranched alkanes of at least 4 members (excludes halogenated alkanes) is 1. The first kappa shape index (κ1) is 18.2. The van der Waals surface area contributed by atoms with Gasteiger partial charge in [-0.05, 0) is 55.9 Å². The summed E-state index contributed by atoms with van der Waals surface area (Å²) in [5.41, 5.74) is 2.49. The lowest BCUT2D eigenvalue weighted by Crippen LogP contribution is -2.35. The van der Waals surface area contributed by atoms with Crippen LogP contribution in [0.25, 0.3) is 0 Å². The topological polar surface area (TPSA) is 12.5 Å². The van der Waals surface area contributed by atoms with Gasteiger partial charge in [-0.2, -0.15) is 0 Å². The molecular formula is C23H31NO. The van der Waals surface area contributed by atoms with E-state index in [1.54, 1.807) is 0 Å². The fraction of sp³-hybridized carbons (Fsp3) is 0.478. The van der Waals surface area contributed by atoms with E-state index in [0.717, 1.165) is 6.61 Å². The zero-order valence-electron chi connectivity index (χ0n) is 15.4. The zero-order valence-corrected chi connectivity index (χ0v) is 15.4. The third-order valence-electron chi connectivity index (χ3n) is 5.24. The minimum atomic E-state index is 0.0421. The first-order chi connectivity index (χ1) is 12.4. The normalized spacial score (nSPS) is 16.4. The number of hydrogen-bond acceptors (Lipinski definition) is 2. The minimum absolute atomic E-state index is 0.0421. The highest BCUT2D eigenvalue weighted by molar-refractivity contribution is 5.29. The second kappa shape index (κ2) is 9.74. The molecule has 0 atom stereocenters. The number of benzene rings is 2. The highest BCUT2D eigenvalue weighted by Crippen LogP contribution is 2.28. The standard InChI is InChI=1S/C23H31NO/c1-2-3-16-24-17-14-20(15-18-24)19-25-23(21-10-6-4-7-11-21)22-12-8-5-9-13-22/h4-13,20,23H,2-3,14-19H2,1H3. The number of ether oxygens (including phenoxy) is 1. The van der Waals surface area contributed by atoms with E-state index < -0.39 is 0 Å². The second-order valence-corrected chi connectivity index (χ2v) is 7.17. The number of nitrogens with zero attached hydrogens (tertiary/aromatic N) is 1. The maximum absolute atomic E-state index is 6.45. The first-order valence-electron chi connectivity index (χ1n) is 9.80. The molecule has 0 radical (unpaired) electrons. The summed E-state index contributed by atoms with van der Waals surface area (Å²) >= 11 is 0. The molecule has 2 aromatic rings. The monoisotopic (exact) mass is 337 g/mol. The van der Waals surface area contributed by atoms with Crippen molar-refractivity contribution in [2.45, 2.75) is 38.7 Å². The summed E-state index contributed by atoms with van der Waals surface area (Å²) in [7, 11) is 0. The molecule has 0 saturated carbocycles. The van der Waals surface area contributed by atoms with Gasteiger partial charge >= 0.3 is 0 Å². The van der Waals surface area contributed by atoms with Crippen LogP contribution < -0.4 is 0 Å². The summed E-state index contributed by atoms with van der Waals surface area (Å²) in [5.74, 6) is 0.688. The molecule has 1 fully saturated rings. The van der Waals surface area contributed by atoms with Gasteiger partial charge in [0.25, 0.3) is 0 Å². The molecule has 1 aliphatic rings. The lowest BCUT2D eigenvalue weighted by Gasteiger charge is -2.32. The summed E-state index contributed by atoms with van der Waals surface area (Å²) in [4.78, 5) is 2.62. The summed E-state index contributed by atoms with van der Waals surface area (Å²) < 4.78 is 6.45. The van der Waals surface area contributed by atoms with E-state index in [9.17, 15) is 0 Å². The Morgan fingerprint density at radius 2 is 1.48 bits per heavy atom. The van der Waals surface area contributed by atoms with Gasteiger partial charge in [0.05, 0.1) is 6.61 Å². The summed E-state index contributed by atoms with van der Waals surface area (Å²) in [6.07, 6.45) is 5.19. The molecule has 0 N–H and O–H groups in total. The Morgan fingerprint density at radius 1 is 0.920 bits per heavy atom. The van der Waals surface area contributed by atoms with Crippen LogP contribution in [-0.2, 0) is 4.74 Å². The van der Waals surface area contributed by atoms with Gasteiger partial charge in [0.15, 0.2) is 0 Å². The van der Waals surface area contributed by atoms with E-state index in [2.05, 4.69) is 72.5 Å². The lowest BCUT2D eigenvalue weighted by atomic mass is 9.96. The van der Waals surface area contributed by atoms with E-state index in [1.165, 1.54) is 56.4 Å². The van der Waals surface area contributed by atoms with Crippen LogP contribution in [0, 0.1) is 5.92 Å². The van der Waals surface area contributed by atoms with Crippen LogP contribution in [0.3, 0.4) is 0 Å². The van der Waals surface area contributed by atoms with E-state index in [4.69, 9.17) is 4.74 Å². The van der Waals surface area contributed by atoms with Crippen molar-refractivity contribution in [2.75, 3.05) is 26.2 Å². The van der Waals surface area contributed by atoms with Crippen LogP contribution >= 0.6 is 0 Å². The van der Waals surface area contributed by atoms with Crippen LogP contribution in [0.5, 0.6) is 0 Å². The largest absolute Gasteiger partial charge is 0.368 e. The summed E-state index contributed by atoms with van der Waals surface area (Å²) in [6.45, 7) is 6.86. The number of hydrogen-bond donors (Lipinski definition) is 0. The molecule has 134 valence electrons. The molecule has 1 heterocycles. The van der Waals surface area contributed by atoms with Gasteiger partial charge in [-0.25, -0.2) is 0 Å². The van der Waals surface area contributed by atoms with Crippen molar-refractivity contribution >= 4 is 0 Å². The molecule has 1 saturated heterocycles. The zero-order chi connectivity index (χ0) is 17.3. The predicted octanol–water partition coefficient (Wildman–Crippen LogP) is 5.30. The van der Waals surface area contributed by atoms with E-state index >= 15 is 0 Å². The average Bonchev–Trinajstić information content (AvgIpc) is 2.69. The Hall–Kier alpha value is -1.64. The van der Waals surface area contributed by atoms with Crippen molar-refractivity contribution in [3.63, 3.8) is 0 Å². The Kier molecular flexibility index (Phi) is 7.08. The number of piperidine rings is 1. The molecule has 1 aliphatic heterocycles. The molecule has 0 aromatic heterocycles. The fourth-order valence-corrected chi connectivity index (χ4v) is 3.63. The van der Waals surface area contributed by atoms with Gasteiger partial charge in [-0.3, -0.25) is 0 Å². The number of likely N-dealkylation sites (tertiary alicyclic amines) is 1. The van der Waals surface area contributed by atoms with Crippen LogP contribution in [0.2, 0.25) is 0 Å². The molecule has 2 heteroatoms. The van der Waals surface area contributed by atoms with Crippen LogP contribution in [-0.4, -0.2) is 31.1 Å². The van der Waals surface area contributed by atoms with Gasteiger partial charge < -0.3 is 9.64 Å². The highest BCUT2D eigenvalue weighted by Gasteiger charge is 2.21. The molecule has 0 aliphatic carbocycles. The third kappa shape index (κ3) is 5.42. The van der Waals surface area contributed by atoms with E-state index in [0.29, 0.717) is 5.92 Å². The number of rotatable bonds is 8. The van der Waals surface area contributed by atoms with Crippen LogP contribution in [0.4, 0.5) is 0 Å². The molecule has 2 nitrogen and oxygen atoms in total. The van der Waals surface area contributed by atoms with E-state index in [-0.39, 0.29) is 6.10 Å². The van der Waals surface area contributed by atoms with Crippen LogP contribution in [0.1, 0.15) is 49.8 Å². The fourth-order valence-electron chi connectivity index (χ4n) is 3.63. The lowest BCUT2D eigenvalue weighted by molar-refractivity contribution is 0.0308. The molecule has 0 unspecified atom stereocenters. The Bertz CT molecular complexity index is 551. The SMILES string of the molecule is CCCCN1CCC(COC(c2ccccc2)c2ccccc2)CC1.